The first-order valence-corrected chi connectivity index (χ1v) is 10.0. The van der Waals surface area contributed by atoms with Gasteiger partial charge >= 0.3 is 5.97 Å². The molecule has 1 unspecified atom stereocenters. The number of amides is 1. The van der Waals surface area contributed by atoms with Crippen molar-refractivity contribution in [1.29, 1.82) is 0 Å². The van der Waals surface area contributed by atoms with Crippen LogP contribution in [0, 0.1) is 0 Å². The lowest BCUT2D eigenvalue weighted by atomic mass is 9.98. The summed E-state index contributed by atoms with van der Waals surface area (Å²) in [6.07, 6.45) is -0.478. The van der Waals surface area contributed by atoms with E-state index in [4.69, 9.17) is 4.74 Å². The third kappa shape index (κ3) is 3.39. The molecule has 5 nitrogen and oxygen atoms in total. The first-order valence-electron chi connectivity index (χ1n) is 9.23. The molecule has 0 aliphatic carbocycles. The molecule has 0 radical (unpaired) electrons. The number of esters is 1. The lowest BCUT2D eigenvalue weighted by molar-refractivity contribution is -0.125. The van der Waals surface area contributed by atoms with E-state index >= 15 is 0 Å². The highest BCUT2D eigenvalue weighted by atomic mass is 32.1. The summed E-state index contributed by atoms with van der Waals surface area (Å²) in [5.41, 5.74) is 3.87. The zero-order valence-electron chi connectivity index (χ0n) is 15.3. The summed E-state index contributed by atoms with van der Waals surface area (Å²) in [7, 11) is 0. The van der Waals surface area contributed by atoms with E-state index < -0.39 is 12.1 Å². The van der Waals surface area contributed by atoms with Crippen LogP contribution < -0.4 is 5.32 Å². The van der Waals surface area contributed by atoms with Crippen LogP contribution in [-0.2, 0) is 16.0 Å². The molecule has 1 aliphatic rings. The number of rotatable bonds is 3. The number of para-hydroxylation sites is 1. The van der Waals surface area contributed by atoms with Gasteiger partial charge in [-0.3, -0.25) is 4.79 Å². The van der Waals surface area contributed by atoms with Crippen molar-refractivity contribution in [3.8, 4) is 10.6 Å². The van der Waals surface area contributed by atoms with Crippen LogP contribution in [0.25, 0.3) is 20.8 Å². The number of ether oxygens (including phenoxy) is 1. The highest BCUT2D eigenvalue weighted by molar-refractivity contribution is 7.21. The SMILES string of the molecule is O=C1OC(C(=O)Nc2cccc(-c3nc4ccccc4s3)c2)Cc2ccccc21. The predicted molar refractivity (Wildman–Crippen MR) is 113 cm³/mol. The van der Waals surface area contributed by atoms with E-state index in [-0.39, 0.29) is 5.91 Å². The fraction of sp³-hybridized carbons (Fsp3) is 0.0870. The molecule has 6 heteroatoms. The number of hydrogen-bond donors (Lipinski definition) is 1. The fourth-order valence-corrected chi connectivity index (χ4v) is 4.39. The van der Waals surface area contributed by atoms with Crippen molar-refractivity contribution >= 4 is 39.1 Å². The van der Waals surface area contributed by atoms with E-state index in [9.17, 15) is 9.59 Å². The van der Waals surface area contributed by atoms with Crippen LogP contribution >= 0.6 is 11.3 Å². The van der Waals surface area contributed by atoms with Crippen LogP contribution in [0.2, 0.25) is 0 Å². The molecule has 0 spiro atoms. The minimum absolute atomic E-state index is 0.339. The molecule has 142 valence electrons. The molecule has 0 saturated heterocycles. The molecule has 0 saturated carbocycles. The molecule has 2 heterocycles. The molecule has 1 amide bonds. The number of benzene rings is 3. The smallest absolute Gasteiger partial charge is 0.339 e. The van der Waals surface area contributed by atoms with Crippen molar-refractivity contribution in [1.82, 2.24) is 4.98 Å². The fourth-order valence-electron chi connectivity index (χ4n) is 3.43. The predicted octanol–water partition coefficient (Wildman–Crippen LogP) is 4.68. The molecular weight excluding hydrogens is 384 g/mol. The normalized spacial score (nSPS) is 15.6. The van der Waals surface area contributed by atoms with Crippen molar-refractivity contribution in [3.05, 3.63) is 83.9 Å². The minimum Gasteiger partial charge on any atom is -0.448 e. The number of carbonyl (C=O) groups excluding carboxylic acids is 2. The maximum absolute atomic E-state index is 12.7. The van der Waals surface area contributed by atoms with Gasteiger partial charge in [0.1, 0.15) is 5.01 Å². The second-order valence-corrected chi connectivity index (χ2v) is 7.84. The van der Waals surface area contributed by atoms with Crippen LogP contribution in [0.3, 0.4) is 0 Å². The average Bonchev–Trinajstić information content (AvgIpc) is 3.18. The number of fused-ring (bicyclic) bond motifs is 2. The standard InChI is InChI=1S/C23H16N2O3S/c26-21(19-13-14-6-1-2-9-17(14)23(27)28-19)24-16-8-5-7-15(12-16)22-25-18-10-3-4-11-20(18)29-22/h1-12,19H,13H2,(H,24,26). The Hall–Kier alpha value is -3.51. The van der Waals surface area contributed by atoms with Gasteiger partial charge in [0.05, 0.1) is 15.8 Å². The summed E-state index contributed by atoms with van der Waals surface area (Å²) in [6, 6.07) is 22.7. The topological polar surface area (TPSA) is 68.3 Å². The molecule has 0 fully saturated rings. The van der Waals surface area contributed by atoms with Crippen LogP contribution in [-0.4, -0.2) is 23.0 Å². The van der Waals surface area contributed by atoms with Crippen LogP contribution in [0.15, 0.2) is 72.8 Å². The molecule has 0 bridgehead atoms. The molecule has 1 atom stereocenters. The third-order valence-electron chi connectivity index (χ3n) is 4.86. The zero-order valence-corrected chi connectivity index (χ0v) is 16.1. The number of anilines is 1. The van der Waals surface area contributed by atoms with Crippen LogP contribution in [0.1, 0.15) is 15.9 Å². The Balaban J connectivity index is 1.36. The van der Waals surface area contributed by atoms with Gasteiger partial charge in [-0.25, -0.2) is 9.78 Å². The molecule has 1 N–H and O–H groups in total. The Bertz CT molecular complexity index is 1210. The second-order valence-electron chi connectivity index (χ2n) is 6.81. The summed E-state index contributed by atoms with van der Waals surface area (Å²) in [6.45, 7) is 0. The monoisotopic (exact) mass is 400 g/mol. The lowest BCUT2D eigenvalue weighted by Crippen LogP contribution is -2.37. The van der Waals surface area contributed by atoms with Gasteiger partial charge in [-0.05, 0) is 35.9 Å². The maximum atomic E-state index is 12.7. The average molecular weight is 400 g/mol. The number of cyclic esters (lactones) is 1. The van der Waals surface area contributed by atoms with Crippen molar-refractivity contribution < 1.29 is 14.3 Å². The Morgan fingerprint density at radius 2 is 1.86 bits per heavy atom. The van der Waals surface area contributed by atoms with E-state index in [0.29, 0.717) is 17.7 Å². The van der Waals surface area contributed by atoms with Gasteiger partial charge in [0.2, 0.25) is 0 Å². The van der Waals surface area contributed by atoms with E-state index in [1.54, 1.807) is 23.5 Å². The summed E-state index contributed by atoms with van der Waals surface area (Å²) < 4.78 is 6.46. The number of nitrogens with one attached hydrogen (secondary N) is 1. The Morgan fingerprint density at radius 1 is 1.03 bits per heavy atom. The minimum atomic E-state index is -0.844. The molecule has 1 aliphatic heterocycles. The number of hydrogen-bond acceptors (Lipinski definition) is 5. The summed E-state index contributed by atoms with van der Waals surface area (Å²) in [5, 5.41) is 3.76. The summed E-state index contributed by atoms with van der Waals surface area (Å²) in [4.78, 5) is 29.5. The zero-order chi connectivity index (χ0) is 19.8. The molecule has 4 aromatic rings. The highest BCUT2D eigenvalue weighted by Gasteiger charge is 2.31. The molecule has 1 aromatic heterocycles. The van der Waals surface area contributed by atoms with Crippen molar-refractivity contribution in [3.63, 3.8) is 0 Å². The first-order chi connectivity index (χ1) is 14.2. The van der Waals surface area contributed by atoms with E-state index in [1.165, 1.54) is 0 Å². The van der Waals surface area contributed by atoms with Gasteiger partial charge in [0.15, 0.2) is 6.10 Å². The van der Waals surface area contributed by atoms with Crippen molar-refractivity contribution in [2.24, 2.45) is 0 Å². The second kappa shape index (κ2) is 7.14. The molecule has 5 rings (SSSR count). The number of carbonyl (C=O) groups is 2. The van der Waals surface area contributed by atoms with Gasteiger partial charge in [-0.15, -0.1) is 11.3 Å². The van der Waals surface area contributed by atoms with Gasteiger partial charge < -0.3 is 10.1 Å². The van der Waals surface area contributed by atoms with Gasteiger partial charge in [0, 0.05) is 17.7 Å². The number of aromatic nitrogens is 1. The Kier molecular flexibility index (Phi) is 4.33. The van der Waals surface area contributed by atoms with Crippen LogP contribution in [0.4, 0.5) is 5.69 Å². The van der Waals surface area contributed by atoms with E-state index in [0.717, 1.165) is 26.4 Å². The number of nitrogens with zero attached hydrogens (tertiary/aromatic N) is 1. The molecular formula is C23H16N2O3S. The largest absolute Gasteiger partial charge is 0.448 e. The van der Waals surface area contributed by atoms with Crippen LogP contribution in [0.5, 0.6) is 0 Å². The Morgan fingerprint density at radius 3 is 2.76 bits per heavy atom. The van der Waals surface area contributed by atoms with E-state index in [2.05, 4.69) is 10.3 Å². The highest BCUT2D eigenvalue weighted by Crippen LogP contribution is 2.31. The Labute approximate surface area is 171 Å². The van der Waals surface area contributed by atoms with Gasteiger partial charge in [-0.2, -0.15) is 0 Å². The van der Waals surface area contributed by atoms with Gasteiger partial charge in [-0.1, -0.05) is 42.5 Å². The van der Waals surface area contributed by atoms with Crippen molar-refractivity contribution in [2.75, 3.05) is 5.32 Å². The van der Waals surface area contributed by atoms with E-state index in [1.807, 2.05) is 60.7 Å². The maximum Gasteiger partial charge on any atom is 0.339 e. The van der Waals surface area contributed by atoms with Gasteiger partial charge in [0.25, 0.3) is 5.91 Å². The summed E-state index contributed by atoms with van der Waals surface area (Å²) >= 11 is 1.61. The van der Waals surface area contributed by atoms with Crippen molar-refractivity contribution in [2.45, 2.75) is 12.5 Å². The summed E-state index contributed by atoms with van der Waals surface area (Å²) in [5.74, 6) is -0.801. The molecule has 29 heavy (non-hydrogen) atoms. The molecule has 3 aromatic carbocycles. The number of thiazole rings is 1. The lowest BCUT2D eigenvalue weighted by Gasteiger charge is -2.23. The quantitative estimate of drug-likeness (QED) is 0.507. The third-order valence-corrected chi connectivity index (χ3v) is 5.94. The first kappa shape index (κ1) is 17.6.